The summed E-state index contributed by atoms with van der Waals surface area (Å²) >= 11 is 5.99. The number of halogens is 1. The van der Waals surface area contributed by atoms with Gasteiger partial charge in [0.1, 0.15) is 0 Å². The van der Waals surface area contributed by atoms with Gasteiger partial charge in [0.15, 0.2) is 0 Å². The molecule has 0 heterocycles. The number of carbonyl (C=O) groups excluding carboxylic acids is 1. The molecule has 1 aliphatic carbocycles. The normalized spacial score (nSPS) is 17.0. The summed E-state index contributed by atoms with van der Waals surface area (Å²) in [6, 6.07) is 8.40. The molecule has 0 N–H and O–H groups in total. The van der Waals surface area contributed by atoms with Crippen LogP contribution in [0.25, 0.3) is 0 Å². The zero-order chi connectivity index (χ0) is 16.1. The van der Waals surface area contributed by atoms with Crippen LogP contribution >= 0.6 is 11.6 Å². The largest absolute Gasteiger partial charge is 0.327 e. The molecule has 1 unspecified atom stereocenters. The predicted octanol–water partition coefficient (Wildman–Crippen LogP) is 3.37. The fraction of sp³-hybridized carbons (Fsp3) is 0.389. The van der Waals surface area contributed by atoms with Crippen LogP contribution < -0.4 is 0 Å². The van der Waals surface area contributed by atoms with Gasteiger partial charge in [-0.2, -0.15) is 0 Å². The van der Waals surface area contributed by atoms with Gasteiger partial charge < -0.3 is 9.80 Å². The van der Waals surface area contributed by atoms with Gasteiger partial charge in [0.25, 0.3) is 0 Å². The predicted molar refractivity (Wildman–Crippen MR) is 91.9 cm³/mol. The number of hydrogen-bond acceptors (Lipinski definition) is 2. The molecular weight excluding hydrogens is 296 g/mol. The van der Waals surface area contributed by atoms with Gasteiger partial charge in [-0.1, -0.05) is 48.5 Å². The third kappa shape index (κ3) is 4.21. The first-order valence-corrected chi connectivity index (χ1v) is 7.89. The van der Waals surface area contributed by atoms with E-state index in [1.165, 1.54) is 11.1 Å². The van der Waals surface area contributed by atoms with Crippen LogP contribution in [0.2, 0.25) is 0 Å². The Morgan fingerprint density at radius 1 is 1.41 bits per heavy atom. The average Bonchev–Trinajstić information content (AvgIpc) is 2.87. The van der Waals surface area contributed by atoms with E-state index in [-0.39, 0.29) is 11.9 Å². The third-order valence-corrected chi connectivity index (χ3v) is 3.95. The second-order valence-corrected chi connectivity index (χ2v) is 6.44. The molecule has 4 heteroatoms. The molecule has 0 fully saturated rings. The standard InChI is InChI=1S/C18H23ClN2O/c1-14(19)13-21(18(22)9-6-12-20(2)3)17-11-10-15-7-4-5-8-16(15)17/h4-9,17H,1,10-13H2,2-3H3/b9-6+. The minimum Gasteiger partial charge on any atom is -0.327 e. The number of aryl methyl sites for hydroxylation is 1. The number of hydrogen-bond donors (Lipinski definition) is 0. The minimum absolute atomic E-state index is 0.00893. The summed E-state index contributed by atoms with van der Waals surface area (Å²) in [7, 11) is 3.95. The molecular formula is C18H23ClN2O. The smallest absolute Gasteiger partial charge is 0.247 e. The molecule has 0 aromatic heterocycles. The summed E-state index contributed by atoms with van der Waals surface area (Å²) in [6.45, 7) is 4.87. The van der Waals surface area contributed by atoms with Crippen molar-refractivity contribution in [2.24, 2.45) is 0 Å². The number of likely N-dealkylation sites (N-methyl/N-ethyl adjacent to an activating group) is 1. The Balaban J connectivity index is 2.18. The molecule has 1 aromatic carbocycles. The van der Waals surface area contributed by atoms with E-state index < -0.39 is 0 Å². The van der Waals surface area contributed by atoms with Crippen molar-refractivity contribution < 1.29 is 4.79 Å². The average molecular weight is 319 g/mol. The molecule has 1 aromatic rings. The molecule has 118 valence electrons. The van der Waals surface area contributed by atoms with Crippen LogP contribution in [0.3, 0.4) is 0 Å². The molecule has 0 saturated carbocycles. The molecule has 2 rings (SSSR count). The van der Waals surface area contributed by atoms with Crippen molar-refractivity contribution >= 4 is 17.5 Å². The monoisotopic (exact) mass is 318 g/mol. The number of carbonyl (C=O) groups is 1. The van der Waals surface area contributed by atoms with Crippen LogP contribution in [0, 0.1) is 0 Å². The first-order chi connectivity index (χ1) is 10.5. The Morgan fingerprint density at radius 2 is 2.14 bits per heavy atom. The van der Waals surface area contributed by atoms with E-state index in [1.807, 2.05) is 42.1 Å². The Hall–Kier alpha value is -1.58. The van der Waals surface area contributed by atoms with E-state index in [1.54, 1.807) is 6.08 Å². The fourth-order valence-corrected chi connectivity index (χ4v) is 2.97. The lowest BCUT2D eigenvalue weighted by Gasteiger charge is -2.28. The highest BCUT2D eigenvalue weighted by atomic mass is 35.5. The Morgan fingerprint density at radius 3 is 2.82 bits per heavy atom. The highest BCUT2D eigenvalue weighted by molar-refractivity contribution is 6.29. The fourth-order valence-electron chi connectivity index (χ4n) is 2.85. The summed E-state index contributed by atoms with van der Waals surface area (Å²) in [5.74, 6) is -0.00893. The summed E-state index contributed by atoms with van der Waals surface area (Å²) in [6.07, 6.45) is 5.46. The molecule has 0 aliphatic heterocycles. The second-order valence-electron chi connectivity index (χ2n) is 5.90. The van der Waals surface area contributed by atoms with Crippen molar-refractivity contribution in [1.29, 1.82) is 0 Å². The molecule has 0 radical (unpaired) electrons. The van der Waals surface area contributed by atoms with E-state index in [0.717, 1.165) is 19.4 Å². The van der Waals surface area contributed by atoms with Gasteiger partial charge in [0.2, 0.25) is 5.91 Å². The number of fused-ring (bicyclic) bond motifs is 1. The number of amides is 1. The molecule has 0 saturated heterocycles. The van der Waals surface area contributed by atoms with Crippen LogP contribution in [-0.2, 0) is 11.2 Å². The van der Waals surface area contributed by atoms with Crippen molar-refractivity contribution in [3.05, 3.63) is 59.2 Å². The second kappa shape index (κ2) is 7.61. The quantitative estimate of drug-likeness (QED) is 0.751. The highest BCUT2D eigenvalue weighted by Gasteiger charge is 2.29. The number of rotatable bonds is 6. The van der Waals surface area contributed by atoms with Crippen LogP contribution in [0.5, 0.6) is 0 Å². The lowest BCUT2D eigenvalue weighted by molar-refractivity contribution is -0.127. The molecule has 1 atom stereocenters. The summed E-state index contributed by atoms with van der Waals surface area (Å²) in [4.78, 5) is 16.4. The van der Waals surface area contributed by atoms with E-state index in [0.29, 0.717) is 11.6 Å². The first-order valence-electron chi connectivity index (χ1n) is 7.52. The van der Waals surface area contributed by atoms with E-state index in [4.69, 9.17) is 11.6 Å². The Kier molecular flexibility index (Phi) is 5.81. The van der Waals surface area contributed by atoms with Crippen molar-refractivity contribution in [3.63, 3.8) is 0 Å². The van der Waals surface area contributed by atoms with Crippen molar-refractivity contribution in [3.8, 4) is 0 Å². The minimum atomic E-state index is -0.00893. The van der Waals surface area contributed by atoms with Gasteiger partial charge in [-0.05, 0) is 38.1 Å². The van der Waals surface area contributed by atoms with E-state index in [2.05, 4.69) is 18.7 Å². The molecule has 1 aliphatic rings. The number of nitrogens with zero attached hydrogens (tertiary/aromatic N) is 2. The molecule has 3 nitrogen and oxygen atoms in total. The summed E-state index contributed by atoms with van der Waals surface area (Å²) in [5.41, 5.74) is 2.55. The van der Waals surface area contributed by atoms with Crippen molar-refractivity contribution in [2.75, 3.05) is 27.2 Å². The molecule has 0 bridgehead atoms. The maximum atomic E-state index is 12.6. The zero-order valence-corrected chi connectivity index (χ0v) is 14.0. The lowest BCUT2D eigenvalue weighted by atomic mass is 10.1. The van der Waals surface area contributed by atoms with Crippen molar-refractivity contribution in [2.45, 2.75) is 18.9 Å². The van der Waals surface area contributed by atoms with E-state index >= 15 is 0 Å². The van der Waals surface area contributed by atoms with Gasteiger partial charge in [0.05, 0.1) is 12.6 Å². The maximum Gasteiger partial charge on any atom is 0.247 e. The van der Waals surface area contributed by atoms with Crippen LogP contribution in [-0.4, -0.2) is 42.9 Å². The van der Waals surface area contributed by atoms with Gasteiger partial charge in [-0.25, -0.2) is 0 Å². The molecule has 1 amide bonds. The summed E-state index contributed by atoms with van der Waals surface area (Å²) in [5, 5.41) is 0.485. The van der Waals surface area contributed by atoms with Gasteiger partial charge >= 0.3 is 0 Å². The molecule has 0 spiro atoms. The SMILES string of the molecule is C=C(Cl)CN(C(=O)/C=C/CN(C)C)C1CCc2ccccc21. The van der Waals surface area contributed by atoms with Gasteiger partial charge in [0, 0.05) is 17.7 Å². The van der Waals surface area contributed by atoms with Gasteiger partial charge in [-0.3, -0.25) is 4.79 Å². The Labute approximate surface area is 137 Å². The number of benzene rings is 1. The Bertz CT molecular complexity index is 580. The van der Waals surface area contributed by atoms with Crippen LogP contribution in [0.15, 0.2) is 48.0 Å². The lowest BCUT2D eigenvalue weighted by Crippen LogP contribution is -2.34. The van der Waals surface area contributed by atoms with Crippen molar-refractivity contribution in [1.82, 2.24) is 9.80 Å². The van der Waals surface area contributed by atoms with Gasteiger partial charge in [-0.15, -0.1) is 0 Å². The van der Waals surface area contributed by atoms with Crippen LogP contribution in [0.1, 0.15) is 23.6 Å². The third-order valence-electron chi connectivity index (χ3n) is 3.83. The molecule has 22 heavy (non-hydrogen) atoms. The van der Waals surface area contributed by atoms with E-state index in [9.17, 15) is 4.79 Å². The zero-order valence-electron chi connectivity index (χ0n) is 13.3. The van der Waals surface area contributed by atoms with Crippen LogP contribution in [0.4, 0.5) is 0 Å². The summed E-state index contributed by atoms with van der Waals surface area (Å²) < 4.78 is 0. The first kappa shape index (κ1) is 16.8. The maximum absolute atomic E-state index is 12.6. The topological polar surface area (TPSA) is 23.6 Å². The highest BCUT2D eigenvalue weighted by Crippen LogP contribution is 2.36.